The molecule has 0 aromatic heterocycles. The Morgan fingerprint density at radius 3 is 2.44 bits per heavy atom. The van der Waals surface area contributed by atoms with Gasteiger partial charge in [0.15, 0.2) is 0 Å². The Labute approximate surface area is 110 Å². The van der Waals surface area contributed by atoms with E-state index in [0.29, 0.717) is 6.04 Å². The van der Waals surface area contributed by atoms with Crippen molar-refractivity contribution in [3.8, 4) is 0 Å². The van der Waals surface area contributed by atoms with Crippen LogP contribution in [0.2, 0.25) is 0 Å². The molecular formula is C15H25N3. The summed E-state index contributed by atoms with van der Waals surface area (Å²) in [5.41, 5.74) is 7.48. The number of benzene rings is 1. The lowest BCUT2D eigenvalue weighted by Gasteiger charge is -2.42. The second-order valence-electron chi connectivity index (χ2n) is 5.56. The van der Waals surface area contributed by atoms with Gasteiger partial charge in [-0.3, -0.25) is 0 Å². The molecule has 3 heteroatoms. The second kappa shape index (κ2) is 5.83. The Hall–Kier alpha value is -0.900. The SMILES string of the molecule is CC(NC1(CN)CCN(C)CC1)c1ccccc1. The minimum absolute atomic E-state index is 0.113. The number of nitrogens with two attached hydrogens (primary N) is 1. The Kier molecular flexibility index (Phi) is 4.38. The predicted octanol–water partition coefficient (Wildman–Crippen LogP) is 1.76. The first kappa shape index (κ1) is 13.5. The van der Waals surface area contributed by atoms with Crippen LogP contribution in [0.1, 0.15) is 31.4 Å². The molecule has 3 nitrogen and oxygen atoms in total. The van der Waals surface area contributed by atoms with E-state index in [-0.39, 0.29) is 5.54 Å². The van der Waals surface area contributed by atoms with E-state index < -0.39 is 0 Å². The monoisotopic (exact) mass is 247 g/mol. The van der Waals surface area contributed by atoms with Gasteiger partial charge in [0.05, 0.1) is 0 Å². The van der Waals surface area contributed by atoms with Crippen LogP contribution in [0.15, 0.2) is 30.3 Å². The number of nitrogens with zero attached hydrogens (tertiary/aromatic N) is 1. The molecule has 100 valence electrons. The maximum atomic E-state index is 6.03. The third-order valence-electron chi connectivity index (χ3n) is 4.16. The highest BCUT2D eigenvalue weighted by Gasteiger charge is 2.33. The average molecular weight is 247 g/mol. The summed E-state index contributed by atoms with van der Waals surface area (Å²) in [6.45, 7) is 5.21. The quantitative estimate of drug-likeness (QED) is 0.852. The number of rotatable bonds is 4. The number of nitrogens with one attached hydrogen (secondary N) is 1. The summed E-state index contributed by atoms with van der Waals surface area (Å²) >= 11 is 0. The normalized spacial score (nSPS) is 21.7. The summed E-state index contributed by atoms with van der Waals surface area (Å²) in [6.07, 6.45) is 2.27. The molecule has 1 unspecified atom stereocenters. The van der Waals surface area contributed by atoms with Gasteiger partial charge in [0.25, 0.3) is 0 Å². The maximum absolute atomic E-state index is 6.03. The Balaban J connectivity index is 2.02. The molecule has 0 spiro atoms. The molecule has 1 atom stereocenters. The fourth-order valence-electron chi connectivity index (χ4n) is 2.74. The minimum Gasteiger partial charge on any atom is -0.329 e. The minimum atomic E-state index is 0.113. The van der Waals surface area contributed by atoms with Crippen LogP contribution in [0.3, 0.4) is 0 Å². The van der Waals surface area contributed by atoms with E-state index in [1.807, 2.05) is 0 Å². The van der Waals surface area contributed by atoms with Gasteiger partial charge < -0.3 is 16.0 Å². The van der Waals surface area contributed by atoms with Crippen LogP contribution in [-0.4, -0.2) is 37.1 Å². The van der Waals surface area contributed by atoms with Crippen molar-refractivity contribution in [3.05, 3.63) is 35.9 Å². The highest BCUT2D eigenvalue weighted by molar-refractivity contribution is 5.19. The zero-order valence-corrected chi connectivity index (χ0v) is 11.5. The van der Waals surface area contributed by atoms with E-state index in [9.17, 15) is 0 Å². The standard InChI is InChI=1S/C15H25N3/c1-13(14-6-4-3-5-7-14)17-15(12-16)8-10-18(2)11-9-15/h3-7,13,17H,8-12,16H2,1-2H3. The highest BCUT2D eigenvalue weighted by atomic mass is 15.1. The van der Waals surface area contributed by atoms with E-state index in [1.165, 1.54) is 5.56 Å². The zero-order chi connectivity index (χ0) is 13.0. The molecule has 0 aliphatic carbocycles. The van der Waals surface area contributed by atoms with Gasteiger partial charge in [-0.25, -0.2) is 0 Å². The van der Waals surface area contributed by atoms with E-state index in [4.69, 9.17) is 5.73 Å². The van der Waals surface area contributed by atoms with E-state index in [0.717, 1.165) is 32.5 Å². The molecule has 1 aromatic rings. The van der Waals surface area contributed by atoms with Crippen LogP contribution >= 0.6 is 0 Å². The third kappa shape index (κ3) is 3.10. The molecule has 0 radical (unpaired) electrons. The van der Waals surface area contributed by atoms with Crippen molar-refractivity contribution >= 4 is 0 Å². The van der Waals surface area contributed by atoms with Crippen molar-refractivity contribution < 1.29 is 0 Å². The lowest BCUT2D eigenvalue weighted by molar-refractivity contribution is 0.151. The van der Waals surface area contributed by atoms with Gasteiger partial charge >= 0.3 is 0 Å². The van der Waals surface area contributed by atoms with Crippen LogP contribution in [0, 0.1) is 0 Å². The molecule has 1 aliphatic heterocycles. The first-order chi connectivity index (χ1) is 8.65. The average Bonchev–Trinajstić information content (AvgIpc) is 2.43. The van der Waals surface area contributed by atoms with Crippen molar-refractivity contribution in [1.82, 2.24) is 10.2 Å². The molecule has 18 heavy (non-hydrogen) atoms. The molecule has 2 rings (SSSR count). The Morgan fingerprint density at radius 2 is 1.89 bits per heavy atom. The van der Waals surface area contributed by atoms with Crippen molar-refractivity contribution in [2.75, 3.05) is 26.7 Å². The third-order valence-corrected chi connectivity index (χ3v) is 4.16. The van der Waals surface area contributed by atoms with Gasteiger partial charge in [-0.15, -0.1) is 0 Å². The van der Waals surface area contributed by atoms with E-state index in [2.05, 4.69) is 54.5 Å². The van der Waals surface area contributed by atoms with Gasteiger partial charge in [0, 0.05) is 18.1 Å². The van der Waals surface area contributed by atoms with Gasteiger partial charge in [0.2, 0.25) is 0 Å². The van der Waals surface area contributed by atoms with Crippen LogP contribution in [0.25, 0.3) is 0 Å². The lowest BCUT2D eigenvalue weighted by Crippen LogP contribution is -2.57. The van der Waals surface area contributed by atoms with Crippen molar-refractivity contribution in [3.63, 3.8) is 0 Å². The van der Waals surface area contributed by atoms with Crippen molar-refractivity contribution in [1.29, 1.82) is 0 Å². The van der Waals surface area contributed by atoms with Gasteiger partial charge in [-0.05, 0) is 45.5 Å². The highest BCUT2D eigenvalue weighted by Crippen LogP contribution is 2.24. The topological polar surface area (TPSA) is 41.3 Å². The molecule has 0 bridgehead atoms. The molecule has 1 aromatic carbocycles. The molecule has 1 saturated heterocycles. The largest absolute Gasteiger partial charge is 0.329 e. The fraction of sp³-hybridized carbons (Fsp3) is 0.600. The van der Waals surface area contributed by atoms with Crippen LogP contribution < -0.4 is 11.1 Å². The summed E-state index contributed by atoms with van der Waals surface area (Å²) in [7, 11) is 2.18. The van der Waals surface area contributed by atoms with Gasteiger partial charge in [-0.1, -0.05) is 30.3 Å². The fourth-order valence-corrected chi connectivity index (χ4v) is 2.74. The second-order valence-corrected chi connectivity index (χ2v) is 5.56. The smallest absolute Gasteiger partial charge is 0.0333 e. The first-order valence-electron chi connectivity index (χ1n) is 6.86. The number of hydrogen-bond donors (Lipinski definition) is 2. The van der Waals surface area contributed by atoms with Crippen LogP contribution in [-0.2, 0) is 0 Å². The first-order valence-corrected chi connectivity index (χ1v) is 6.86. The lowest BCUT2D eigenvalue weighted by atomic mass is 9.86. The Morgan fingerprint density at radius 1 is 1.28 bits per heavy atom. The molecule has 1 heterocycles. The number of likely N-dealkylation sites (tertiary alicyclic amines) is 1. The Bertz CT molecular complexity index is 355. The van der Waals surface area contributed by atoms with E-state index in [1.54, 1.807) is 0 Å². The molecule has 1 aliphatic rings. The predicted molar refractivity (Wildman–Crippen MR) is 76.5 cm³/mol. The van der Waals surface area contributed by atoms with Gasteiger partial charge in [0.1, 0.15) is 0 Å². The zero-order valence-electron chi connectivity index (χ0n) is 11.5. The molecular weight excluding hydrogens is 222 g/mol. The molecule has 0 saturated carbocycles. The molecule has 1 fully saturated rings. The molecule has 0 amide bonds. The number of hydrogen-bond acceptors (Lipinski definition) is 3. The van der Waals surface area contributed by atoms with E-state index >= 15 is 0 Å². The van der Waals surface area contributed by atoms with Crippen LogP contribution in [0.5, 0.6) is 0 Å². The van der Waals surface area contributed by atoms with Gasteiger partial charge in [-0.2, -0.15) is 0 Å². The summed E-state index contributed by atoms with van der Waals surface area (Å²) in [6, 6.07) is 11.0. The van der Waals surface area contributed by atoms with Crippen LogP contribution in [0.4, 0.5) is 0 Å². The van der Waals surface area contributed by atoms with Crippen molar-refractivity contribution in [2.24, 2.45) is 5.73 Å². The summed E-state index contributed by atoms with van der Waals surface area (Å²) in [4.78, 5) is 2.38. The summed E-state index contributed by atoms with van der Waals surface area (Å²) < 4.78 is 0. The molecule has 3 N–H and O–H groups in total. The maximum Gasteiger partial charge on any atom is 0.0333 e. The summed E-state index contributed by atoms with van der Waals surface area (Å²) in [5, 5.41) is 3.77. The number of piperidine rings is 1. The van der Waals surface area contributed by atoms with Crippen molar-refractivity contribution in [2.45, 2.75) is 31.3 Å². The summed E-state index contributed by atoms with van der Waals surface area (Å²) in [5.74, 6) is 0.